The first-order chi connectivity index (χ1) is 10.2. The number of nitrogens with one attached hydrogen (secondary N) is 3. The molecular weight excluding hydrogens is 270 g/mol. The quantitative estimate of drug-likeness (QED) is 0.618. The largest absolute Gasteiger partial charge is 0.495 e. The molecule has 0 atom stereocenters. The number of para-hydroxylation sites is 2. The van der Waals surface area contributed by atoms with E-state index in [4.69, 9.17) is 4.74 Å². The van der Waals surface area contributed by atoms with Crippen molar-refractivity contribution in [3.05, 3.63) is 24.3 Å². The van der Waals surface area contributed by atoms with Gasteiger partial charge in [0.05, 0.1) is 19.3 Å². The van der Waals surface area contributed by atoms with Crippen LogP contribution in [0, 0.1) is 5.92 Å². The third-order valence-corrected chi connectivity index (χ3v) is 3.22. The van der Waals surface area contributed by atoms with Gasteiger partial charge in [0.15, 0.2) is 0 Å². The molecule has 114 valence electrons. The molecule has 1 aliphatic rings. The number of anilines is 1. The molecule has 1 aliphatic carbocycles. The van der Waals surface area contributed by atoms with E-state index in [1.54, 1.807) is 19.2 Å². The lowest BCUT2D eigenvalue weighted by Crippen LogP contribution is -2.36. The number of rotatable bonds is 8. The van der Waals surface area contributed by atoms with Gasteiger partial charge in [0.1, 0.15) is 5.75 Å². The summed E-state index contributed by atoms with van der Waals surface area (Å²) >= 11 is 0. The topological polar surface area (TPSA) is 79.5 Å². The fraction of sp³-hybridized carbons (Fsp3) is 0.467. The SMILES string of the molecule is COc1ccccc1NC(=O)CNCCNC(=O)C1CC1. The maximum atomic E-state index is 11.8. The van der Waals surface area contributed by atoms with Gasteiger partial charge in [0.25, 0.3) is 0 Å². The molecule has 2 rings (SSSR count). The van der Waals surface area contributed by atoms with Gasteiger partial charge in [-0.3, -0.25) is 9.59 Å². The van der Waals surface area contributed by atoms with E-state index in [-0.39, 0.29) is 24.3 Å². The van der Waals surface area contributed by atoms with E-state index in [9.17, 15) is 9.59 Å². The van der Waals surface area contributed by atoms with Crippen LogP contribution in [-0.4, -0.2) is 38.6 Å². The molecule has 0 saturated heterocycles. The van der Waals surface area contributed by atoms with Crippen LogP contribution in [0.2, 0.25) is 0 Å². The summed E-state index contributed by atoms with van der Waals surface area (Å²) in [5.41, 5.74) is 0.647. The van der Waals surface area contributed by atoms with E-state index in [0.29, 0.717) is 24.5 Å². The molecule has 1 aromatic carbocycles. The molecule has 0 aromatic heterocycles. The van der Waals surface area contributed by atoms with Crippen molar-refractivity contribution in [3.63, 3.8) is 0 Å². The zero-order chi connectivity index (χ0) is 15.1. The number of methoxy groups -OCH3 is 1. The Morgan fingerprint density at radius 3 is 2.71 bits per heavy atom. The summed E-state index contributed by atoms with van der Waals surface area (Å²) in [6.07, 6.45) is 2.00. The molecule has 0 heterocycles. The van der Waals surface area contributed by atoms with E-state index in [1.807, 2.05) is 12.1 Å². The number of carbonyl (C=O) groups excluding carboxylic acids is 2. The van der Waals surface area contributed by atoms with Crippen LogP contribution in [0.1, 0.15) is 12.8 Å². The Balaban J connectivity index is 1.61. The fourth-order valence-electron chi connectivity index (χ4n) is 1.91. The number of hydrogen-bond donors (Lipinski definition) is 3. The van der Waals surface area contributed by atoms with Crippen molar-refractivity contribution in [1.29, 1.82) is 0 Å². The van der Waals surface area contributed by atoms with Crippen LogP contribution in [0.5, 0.6) is 5.75 Å². The fourth-order valence-corrected chi connectivity index (χ4v) is 1.91. The van der Waals surface area contributed by atoms with Crippen LogP contribution >= 0.6 is 0 Å². The molecule has 3 N–H and O–H groups in total. The highest BCUT2D eigenvalue weighted by atomic mass is 16.5. The van der Waals surface area contributed by atoms with Gasteiger partial charge >= 0.3 is 0 Å². The second-order valence-corrected chi connectivity index (χ2v) is 4.99. The Kier molecular flexibility index (Phi) is 5.57. The Morgan fingerprint density at radius 2 is 2.00 bits per heavy atom. The summed E-state index contributed by atoms with van der Waals surface area (Å²) in [4.78, 5) is 23.2. The highest BCUT2D eigenvalue weighted by molar-refractivity contribution is 5.93. The summed E-state index contributed by atoms with van der Waals surface area (Å²) in [7, 11) is 1.56. The predicted molar refractivity (Wildman–Crippen MR) is 80.2 cm³/mol. The molecular formula is C15H21N3O3. The minimum absolute atomic E-state index is 0.121. The molecule has 6 heteroatoms. The van der Waals surface area contributed by atoms with Gasteiger partial charge in [-0.05, 0) is 25.0 Å². The third kappa shape index (κ3) is 5.07. The van der Waals surface area contributed by atoms with Crippen molar-refractivity contribution in [2.75, 3.05) is 32.1 Å². The van der Waals surface area contributed by atoms with Crippen LogP contribution in [0.3, 0.4) is 0 Å². The first-order valence-electron chi connectivity index (χ1n) is 7.12. The van der Waals surface area contributed by atoms with Crippen LogP contribution in [-0.2, 0) is 9.59 Å². The zero-order valence-corrected chi connectivity index (χ0v) is 12.1. The monoisotopic (exact) mass is 291 g/mol. The minimum Gasteiger partial charge on any atom is -0.495 e. The van der Waals surface area contributed by atoms with Crippen LogP contribution in [0.4, 0.5) is 5.69 Å². The second-order valence-electron chi connectivity index (χ2n) is 4.99. The average molecular weight is 291 g/mol. The maximum absolute atomic E-state index is 11.8. The molecule has 0 unspecified atom stereocenters. The van der Waals surface area contributed by atoms with Gasteiger partial charge in [-0.15, -0.1) is 0 Å². The third-order valence-electron chi connectivity index (χ3n) is 3.22. The molecule has 1 fully saturated rings. The van der Waals surface area contributed by atoms with E-state index >= 15 is 0 Å². The summed E-state index contributed by atoms with van der Waals surface area (Å²) in [5.74, 6) is 0.824. The van der Waals surface area contributed by atoms with Crippen LogP contribution in [0.15, 0.2) is 24.3 Å². The Bertz CT molecular complexity index is 501. The smallest absolute Gasteiger partial charge is 0.238 e. The van der Waals surface area contributed by atoms with E-state index in [1.165, 1.54) is 0 Å². The van der Waals surface area contributed by atoms with Crippen molar-refractivity contribution in [2.45, 2.75) is 12.8 Å². The highest BCUT2D eigenvalue weighted by Gasteiger charge is 2.28. The van der Waals surface area contributed by atoms with Crippen LogP contribution in [0.25, 0.3) is 0 Å². The number of ether oxygens (including phenoxy) is 1. The predicted octanol–water partition coefficient (Wildman–Crippen LogP) is 0.749. The van der Waals surface area contributed by atoms with Crippen molar-refractivity contribution < 1.29 is 14.3 Å². The standard InChI is InChI=1S/C15H21N3O3/c1-21-13-5-3-2-4-12(13)18-14(19)10-16-8-9-17-15(20)11-6-7-11/h2-5,11,16H,6-10H2,1H3,(H,17,20)(H,18,19). The molecule has 6 nitrogen and oxygen atoms in total. The molecule has 0 spiro atoms. The van der Waals surface area contributed by atoms with E-state index in [2.05, 4.69) is 16.0 Å². The van der Waals surface area contributed by atoms with Gasteiger partial charge in [0, 0.05) is 19.0 Å². The molecule has 1 saturated carbocycles. The summed E-state index contributed by atoms with van der Waals surface area (Å²) in [6.45, 7) is 1.30. The zero-order valence-electron chi connectivity index (χ0n) is 12.1. The summed E-state index contributed by atoms with van der Waals surface area (Å²) < 4.78 is 5.16. The van der Waals surface area contributed by atoms with Crippen molar-refractivity contribution in [1.82, 2.24) is 10.6 Å². The van der Waals surface area contributed by atoms with Gasteiger partial charge in [-0.25, -0.2) is 0 Å². The molecule has 0 aliphatic heterocycles. The number of benzene rings is 1. The summed E-state index contributed by atoms with van der Waals surface area (Å²) in [6, 6.07) is 7.25. The molecule has 0 radical (unpaired) electrons. The van der Waals surface area contributed by atoms with Gasteiger partial charge < -0.3 is 20.7 Å². The first-order valence-corrected chi connectivity index (χ1v) is 7.12. The Hall–Kier alpha value is -2.08. The van der Waals surface area contributed by atoms with Gasteiger partial charge in [0.2, 0.25) is 11.8 Å². The van der Waals surface area contributed by atoms with Crippen molar-refractivity contribution in [3.8, 4) is 5.75 Å². The summed E-state index contributed by atoms with van der Waals surface area (Å²) in [5, 5.41) is 8.60. The Morgan fingerprint density at radius 1 is 1.24 bits per heavy atom. The van der Waals surface area contributed by atoms with Gasteiger partial charge in [-0.2, -0.15) is 0 Å². The lowest BCUT2D eigenvalue weighted by Gasteiger charge is -2.10. The van der Waals surface area contributed by atoms with Gasteiger partial charge in [-0.1, -0.05) is 12.1 Å². The number of carbonyl (C=O) groups is 2. The number of amides is 2. The lowest BCUT2D eigenvalue weighted by molar-refractivity contribution is -0.122. The average Bonchev–Trinajstić information content (AvgIpc) is 3.32. The molecule has 0 bridgehead atoms. The van der Waals surface area contributed by atoms with Crippen LogP contribution < -0.4 is 20.7 Å². The lowest BCUT2D eigenvalue weighted by atomic mass is 10.3. The minimum atomic E-state index is -0.145. The van der Waals surface area contributed by atoms with Crippen molar-refractivity contribution >= 4 is 17.5 Å². The first kappa shape index (κ1) is 15.3. The Labute approximate surface area is 124 Å². The number of hydrogen-bond acceptors (Lipinski definition) is 4. The van der Waals surface area contributed by atoms with Crippen molar-refractivity contribution in [2.24, 2.45) is 5.92 Å². The normalized spacial score (nSPS) is 13.6. The molecule has 21 heavy (non-hydrogen) atoms. The maximum Gasteiger partial charge on any atom is 0.238 e. The molecule has 1 aromatic rings. The van der Waals surface area contributed by atoms with E-state index < -0.39 is 0 Å². The second kappa shape index (κ2) is 7.64. The van der Waals surface area contributed by atoms with E-state index in [0.717, 1.165) is 12.8 Å². The molecule has 2 amide bonds. The highest BCUT2D eigenvalue weighted by Crippen LogP contribution is 2.28.